The fraction of sp³-hybridized carbons (Fsp3) is 0.500. The molecule has 2 rings (SSSR count). The summed E-state index contributed by atoms with van der Waals surface area (Å²) in [6, 6.07) is 3.81. The summed E-state index contributed by atoms with van der Waals surface area (Å²) in [5, 5.41) is 0. The molecule has 0 amide bonds. The van der Waals surface area contributed by atoms with E-state index in [0.717, 1.165) is 27.8 Å². The molecular formula is C12H16Br2N2O. The maximum atomic E-state index is 5.82. The second-order valence-corrected chi connectivity index (χ2v) is 5.91. The third-order valence-corrected chi connectivity index (χ3v) is 4.24. The van der Waals surface area contributed by atoms with Crippen LogP contribution in [0, 0.1) is 0 Å². The molecule has 0 aromatic heterocycles. The molecule has 17 heavy (non-hydrogen) atoms. The highest BCUT2D eigenvalue weighted by Gasteiger charge is 2.11. The number of halogens is 2. The summed E-state index contributed by atoms with van der Waals surface area (Å²) >= 11 is 6.82. The third kappa shape index (κ3) is 3.60. The monoisotopic (exact) mass is 362 g/mol. The van der Waals surface area contributed by atoms with Crippen molar-refractivity contribution in [3.63, 3.8) is 0 Å². The van der Waals surface area contributed by atoms with E-state index in [4.69, 9.17) is 10.5 Å². The van der Waals surface area contributed by atoms with E-state index in [2.05, 4.69) is 36.8 Å². The van der Waals surface area contributed by atoms with E-state index in [1.807, 2.05) is 12.1 Å². The Bertz CT molecular complexity index is 369. The van der Waals surface area contributed by atoms with Crippen LogP contribution in [0.25, 0.3) is 0 Å². The molecule has 1 heterocycles. The maximum absolute atomic E-state index is 5.82. The topological polar surface area (TPSA) is 38.5 Å². The number of hydrogen-bond acceptors (Lipinski definition) is 3. The third-order valence-electron chi connectivity index (χ3n) is 2.93. The molecule has 0 radical (unpaired) electrons. The van der Waals surface area contributed by atoms with Crippen molar-refractivity contribution in [2.45, 2.75) is 12.8 Å². The van der Waals surface area contributed by atoms with Gasteiger partial charge in [-0.1, -0.05) is 0 Å². The van der Waals surface area contributed by atoms with Gasteiger partial charge in [0.25, 0.3) is 0 Å². The Hall–Kier alpha value is -0.260. The fourth-order valence-electron chi connectivity index (χ4n) is 1.94. The minimum Gasteiger partial charge on any atom is -0.492 e. The van der Waals surface area contributed by atoms with Gasteiger partial charge in [0, 0.05) is 15.5 Å². The van der Waals surface area contributed by atoms with Gasteiger partial charge in [0.15, 0.2) is 0 Å². The minimum absolute atomic E-state index is 0.705. The van der Waals surface area contributed by atoms with Crippen LogP contribution in [0.4, 0.5) is 5.69 Å². The molecule has 0 aliphatic carbocycles. The normalized spacial score (nSPS) is 16.4. The molecule has 0 saturated carbocycles. The van der Waals surface area contributed by atoms with E-state index in [0.29, 0.717) is 5.69 Å². The molecule has 1 saturated heterocycles. The number of anilines is 1. The van der Waals surface area contributed by atoms with Gasteiger partial charge in [0.1, 0.15) is 12.4 Å². The molecule has 2 N–H and O–H groups in total. The van der Waals surface area contributed by atoms with Crippen LogP contribution in [0.15, 0.2) is 21.1 Å². The highest BCUT2D eigenvalue weighted by atomic mass is 79.9. The summed E-state index contributed by atoms with van der Waals surface area (Å²) in [5.74, 6) is 0.845. The number of likely N-dealkylation sites (tertiary alicyclic amines) is 1. The van der Waals surface area contributed by atoms with Crippen LogP contribution in [0.5, 0.6) is 5.75 Å². The zero-order valence-corrected chi connectivity index (χ0v) is 12.8. The highest BCUT2D eigenvalue weighted by molar-refractivity contribution is 9.11. The first-order chi connectivity index (χ1) is 8.16. The first-order valence-electron chi connectivity index (χ1n) is 5.76. The van der Waals surface area contributed by atoms with Crippen molar-refractivity contribution in [3.8, 4) is 5.75 Å². The minimum atomic E-state index is 0.705. The molecule has 0 spiro atoms. The van der Waals surface area contributed by atoms with Crippen molar-refractivity contribution in [3.05, 3.63) is 21.1 Å². The summed E-state index contributed by atoms with van der Waals surface area (Å²) < 4.78 is 7.46. The largest absolute Gasteiger partial charge is 0.492 e. The fourth-order valence-corrected chi connectivity index (χ4v) is 3.09. The van der Waals surface area contributed by atoms with Crippen molar-refractivity contribution in [1.29, 1.82) is 0 Å². The standard InChI is InChI=1S/C12H16Br2N2O/c13-10-7-9(8-11(14)12(10)15)17-6-5-16-3-1-2-4-16/h7-8H,1-6,15H2. The SMILES string of the molecule is Nc1c(Br)cc(OCCN2CCCC2)cc1Br. The molecule has 5 heteroatoms. The summed E-state index contributed by atoms with van der Waals surface area (Å²) in [4.78, 5) is 2.43. The second kappa shape index (κ2) is 6.07. The number of ether oxygens (including phenoxy) is 1. The van der Waals surface area contributed by atoms with Crippen LogP contribution in [-0.2, 0) is 0 Å². The summed E-state index contributed by atoms with van der Waals surface area (Å²) in [7, 11) is 0. The van der Waals surface area contributed by atoms with Crippen molar-refractivity contribution >= 4 is 37.5 Å². The Morgan fingerprint density at radius 1 is 1.18 bits per heavy atom. The van der Waals surface area contributed by atoms with E-state index in [-0.39, 0.29) is 0 Å². The average molecular weight is 364 g/mol. The molecule has 1 aromatic rings. The van der Waals surface area contributed by atoms with Gasteiger partial charge < -0.3 is 10.5 Å². The smallest absolute Gasteiger partial charge is 0.121 e. The second-order valence-electron chi connectivity index (χ2n) is 4.20. The van der Waals surface area contributed by atoms with Gasteiger partial charge in [-0.3, -0.25) is 4.90 Å². The predicted octanol–water partition coefficient (Wildman–Crippen LogP) is 3.27. The molecule has 0 bridgehead atoms. The van der Waals surface area contributed by atoms with Gasteiger partial charge in [-0.25, -0.2) is 0 Å². The predicted molar refractivity (Wildman–Crippen MR) is 77.4 cm³/mol. The van der Waals surface area contributed by atoms with Crippen LogP contribution in [0.1, 0.15) is 12.8 Å². The number of nitrogens with zero attached hydrogens (tertiary/aromatic N) is 1. The zero-order valence-electron chi connectivity index (χ0n) is 9.59. The Labute approximate surface area is 119 Å². The number of rotatable bonds is 4. The molecule has 1 aliphatic heterocycles. The maximum Gasteiger partial charge on any atom is 0.121 e. The molecule has 3 nitrogen and oxygen atoms in total. The summed E-state index contributed by atoms with van der Waals surface area (Å²) in [6.07, 6.45) is 2.64. The Morgan fingerprint density at radius 3 is 2.35 bits per heavy atom. The van der Waals surface area contributed by atoms with Gasteiger partial charge in [-0.05, 0) is 69.9 Å². The lowest BCUT2D eigenvalue weighted by Crippen LogP contribution is -2.25. The van der Waals surface area contributed by atoms with Gasteiger partial charge in [0.2, 0.25) is 0 Å². The van der Waals surface area contributed by atoms with Crippen LogP contribution < -0.4 is 10.5 Å². The van der Waals surface area contributed by atoms with Gasteiger partial charge in [-0.2, -0.15) is 0 Å². The quantitative estimate of drug-likeness (QED) is 0.834. The first kappa shape index (κ1) is 13.2. The summed E-state index contributed by atoms with van der Waals surface area (Å²) in [6.45, 7) is 4.14. The number of hydrogen-bond donors (Lipinski definition) is 1. The van der Waals surface area contributed by atoms with E-state index in [1.54, 1.807) is 0 Å². The lowest BCUT2D eigenvalue weighted by Gasteiger charge is -2.15. The van der Waals surface area contributed by atoms with E-state index in [1.165, 1.54) is 25.9 Å². The van der Waals surface area contributed by atoms with Crippen LogP contribution >= 0.6 is 31.9 Å². The molecular weight excluding hydrogens is 348 g/mol. The highest BCUT2D eigenvalue weighted by Crippen LogP contribution is 2.32. The Balaban J connectivity index is 1.86. The average Bonchev–Trinajstić information content (AvgIpc) is 2.79. The van der Waals surface area contributed by atoms with Crippen molar-refractivity contribution in [2.75, 3.05) is 32.0 Å². The number of benzene rings is 1. The van der Waals surface area contributed by atoms with Crippen LogP contribution in [0.2, 0.25) is 0 Å². The lowest BCUT2D eigenvalue weighted by atomic mass is 10.3. The lowest BCUT2D eigenvalue weighted by molar-refractivity contribution is 0.237. The van der Waals surface area contributed by atoms with Crippen molar-refractivity contribution in [1.82, 2.24) is 4.90 Å². The molecule has 0 unspecified atom stereocenters. The van der Waals surface area contributed by atoms with Gasteiger partial charge >= 0.3 is 0 Å². The molecule has 94 valence electrons. The Kier molecular flexibility index (Phi) is 4.70. The van der Waals surface area contributed by atoms with E-state index in [9.17, 15) is 0 Å². The van der Waals surface area contributed by atoms with Gasteiger partial charge in [-0.15, -0.1) is 0 Å². The first-order valence-corrected chi connectivity index (χ1v) is 7.35. The van der Waals surface area contributed by atoms with Gasteiger partial charge in [0.05, 0.1) is 5.69 Å². The molecule has 1 aliphatic rings. The zero-order chi connectivity index (χ0) is 12.3. The van der Waals surface area contributed by atoms with Crippen LogP contribution in [0.3, 0.4) is 0 Å². The van der Waals surface area contributed by atoms with Crippen molar-refractivity contribution < 1.29 is 4.74 Å². The summed E-state index contributed by atoms with van der Waals surface area (Å²) in [5.41, 5.74) is 6.53. The molecule has 1 aromatic carbocycles. The molecule has 0 atom stereocenters. The van der Waals surface area contributed by atoms with Crippen LogP contribution in [-0.4, -0.2) is 31.1 Å². The molecule has 1 fully saturated rings. The van der Waals surface area contributed by atoms with E-state index < -0.39 is 0 Å². The Morgan fingerprint density at radius 2 is 1.76 bits per heavy atom. The number of nitrogens with two attached hydrogens (primary N) is 1. The van der Waals surface area contributed by atoms with E-state index >= 15 is 0 Å². The van der Waals surface area contributed by atoms with Crippen molar-refractivity contribution in [2.24, 2.45) is 0 Å². The number of nitrogen functional groups attached to an aromatic ring is 1.